The van der Waals surface area contributed by atoms with Gasteiger partial charge in [0.25, 0.3) is 5.91 Å². The van der Waals surface area contributed by atoms with E-state index in [0.29, 0.717) is 18.2 Å². The maximum atomic E-state index is 12.0. The molecule has 7 nitrogen and oxygen atoms in total. The Kier molecular flexibility index (Phi) is 6.44. The van der Waals surface area contributed by atoms with Gasteiger partial charge in [-0.1, -0.05) is 30.3 Å². The molecule has 0 saturated carbocycles. The Morgan fingerprint density at radius 1 is 1.08 bits per heavy atom. The fraction of sp³-hybridized carbons (Fsp3) is 0.250. The number of benzene rings is 1. The summed E-state index contributed by atoms with van der Waals surface area (Å²) in [5, 5.41) is 9.85. The molecule has 126 valence electrons. The van der Waals surface area contributed by atoms with Gasteiger partial charge in [-0.3, -0.25) is 14.4 Å². The first kappa shape index (κ1) is 17.6. The van der Waals surface area contributed by atoms with Crippen molar-refractivity contribution in [3.8, 4) is 0 Å². The molecule has 0 fully saturated rings. The molecule has 24 heavy (non-hydrogen) atoms. The third-order valence-electron chi connectivity index (χ3n) is 2.98. The number of anilines is 1. The maximum absolute atomic E-state index is 12.0. The minimum absolute atomic E-state index is 0.152. The summed E-state index contributed by atoms with van der Waals surface area (Å²) in [6, 6.07) is 9.37. The zero-order chi connectivity index (χ0) is 17.4. The van der Waals surface area contributed by atoms with E-state index in [9.17, 15) is 14.4 Å². The van der Waals surface area contributed by atoms with Crippen molar-refractivity contribution < 1.29 is 14.4 Å². The molecule has 1 aromatic carbocycles. The Morgan fingerprint density at radius 2 is 1.79 bits per heavy atom. The van der Waals surface area contributed by atoms with E-state index in [-0.39, 0.29) is 29.8 Å². The van der Waals surface area contributed by atoms with Gasteiger partial charge in [-0.15, -0.1) is 11.3 Å². The molecule has 0 bridgehead atoms. The third-order valence-corrected chi connectivity index (χ3v) is 3.73. The summed E-state index contributed by atoms with van der Waals surface area (Å²) >= 11 is 1.19. The van der Waals surface area contributed by atoms with Crippen molar-refractivity contribution in [1.82, 2.24) is 15.6 Å². The van der Waals surface area contributed by atoms with Gasteiger partial charge in [0.2, 0.25) is 11.8 Å². The van der Waals surface area contributed by atoms with Crippen molar-refractivity contribution in [1.29, 1.82) is 0 Å². The number of rotatable bonds is 7. The van der Waals surface area contributed by atoms with Crippen molar-refractivity contribution in [3.63, 3.8) is 0 Å². The lowest BCUT2D eigenvalue weighted by Crippen LogP contribution is -2.33. The molecule has 0 saturated heterocycles. The van der Waals surface area contributed by atoms with Gasteiger partial charge in [0.05, 0.1) is 6.42 Å². The van der Waals surface area contributed by atoms with Crippen molar-refractivity contribution in [2.24, 2.45) is 0 Å². The third kappa shape index (κ3) is 5.81. The molecule has 1 heterocycles. The minimum Gasteiger partial charge on any atom is -0.355 e. The van der Waals surface area contributed by atoms with Gasteiger partial charge in [0, 0.05) is 25.4 Å². The zero-order valence-corrected chi connectivity index (χ0v) is 14.0. The van der Waals surface area contributed by atoms with Gasteiger partial charge in [0.15, 0.2) is 5.13 Å². The molecule has 3 N–H and O–H groups in total. The highest BCUT2D eigenvalue weighted by Gasteiger charge is 2.12. The maximum Gasteiger partial charge on any atom is 0.270 e. The second-order valence-electron chi connectivity index (χ2n) is 4.99. The van der Waals surface area contributed by atoms with Crippen LogP contribution in [0, 0.1) is 0 Å². The van der Waals surface area contributed by atoms with Crippen molar-refractivity contribution in [3.05, 3.63) is 47.0 Å². The van der Waals surface area contributed by atoms with Crippen LogP contribution in [-0.2, 0) is 16.0 Å². The lowest BCUT2D eigenvalue weighted by Gasteiger charge is -2.03. The summed E-state index contributed by atoms with van der Waals surface area (Å²) < 4.78 is 0. The van der Waals surface area contributed by atoms with Gasteiger partial charge >= 0.3 is 0 Å². The normalized spacial score (nSPS) is 10.0. The fourth-order valence-electron chi connectivity index (χ4n) is 1.89. The molecular weight excluding hydrogens is 328 g/mol. The highest BCUT2D eigenvalue weighted by molar-refractivity contribution is 7.14. The van der Waals surface area contributed by atoms with E-state index in [1.807, 2.05) is 30.3 Å². The van der Waals surface area contributed by atoms with Gasteiger partial charge in [-0.2, -0.15) is 0 Å². The van der Waals surface area contributed by atoms with Crippen molar-refractivity contribution >= 4 is 34.2 Å². The Balaban J connectivity index is 1.80. The number of amides is 3. The SMILES string of the molecule is CC(=O)NCCNC(=O)c1csc(NC(=O)Cc2ccccc2)n1. The Bertz CT molecular complexity index is 715. The van der Waals surface area contributed by atoms with Crippen LogP contribution in [0.3, 0.4) is 0 Å². The molecule has 1 aromatic heterocycles. The quantitative estimate of drug-likeness (QED) is 0.656. The van der Waals surface area contributed by atoms with E-state index in [4.69, 9.17) is 0 Å². The van der Waals surface area contributed by atoms with E-state index in [0.717, 1.165) is 5.56 Å². The van der Waals surface area contributed by atoms with Crippen LogP contribution < -0.4 is 16.0 Å². The highest BCUT2D eigenvalue weighted by Crippen LogP contribution is 2.15. The molecular formula is C16H18N4O3S. The van der Waals surface area contributed by atoms with Crippen LogP contribution >= 0.6 is 11.3 Å². The summed E-state index contributed by atoms with van der Waals surface area (Å²) in [4.78, 5) is 38.7. The van der Waals surface area contributed by atoms with Crippen LogP contribution in [0.5, 0.6) is 0 Å². The smallest absolute Gasteiger partial charge is 0.270 e. The van der Waals surface area contributed by atoms with Crippen molar-refractivity contribution in [2.45, 2.75) is 13.3 Å². The van der Waals surface area contributed by atoms with Gasteiger partial charge < -0.3 is 16.0 Å². The molecule has 8 heteroatoms. The first-order chi connectivity index (χ1) is 11.5. The molecule has 0 radical (unpaired) electrons. The molecule has 0 spiro atoms. The Labute approximate surface area is 143 Å². The van der Waals surface area contributed by atoms with E-state index in [2.05, 4.69) is 20.9 Å². The number of carbonyl (C=O) groups excluding carboxylic acids is 3. The minimum atomic E-state index is -0.347. The molecule has 0 aliphatic heterocycles. The van der Waals surface area contributed by atoms with E-state index in [1.165, 1.54) is 18.3 Å². The molecule has 0 unspecified atom stereocenters. The zero-order valence-electron chi connectivity index (χ0n) is 13.2. The summed E-state index contributed by atoms with van der Waals surface area (Å²) in [5.41, 5.74) is 1.14. The first-order valence-electron chi connectivity index (χ1n) is 7.36. The first-order valence-corrected chi connectivity index (χ1v) is 8.24. The van der Waals surface area contributed by atoms with Gasteiger partial charge in [0.1, 0.15) is 5.69 Å². The summed E-state index contributed by atoms with van der Waals surface area (Å²) in [7, 11) is 0. The molecule has 2 rings (SSSR count). The van der Waals surface area contributed by atoms with Crippen molar-refractivity contribution in [2.75, 3.05) is 18.4 Å². The number of carbonyl (C=O) groups is 3. The predicted molar refractivity (Wildman–Crippen MR) is 91.9 cm³/mol. The number of nitrogens with zero attached hydrogens (tertiary/aromatic N) is 1. The molecule has 0 aliphatic carbocycles. The van der Waals surface area contributed by atoms with Crippen LogP contribution in [0.4, 0.5) is 5.13 Å². The standard InChI is InChI=1S/C16H18N4O3S/c1-11(21)17-7-8-18-15(23)13-10-24-16(19-13)20-14(22)9-12-5-3-2-4-6-12/h2-6,10H,7-9H2,1H3,(H,17,21)(H,18,23)(H,19,20,22). The van der Waals surface area contributed by atoms with Crippen LogP contribution in [0.2, 0.25) is 0 Å². The number of hydrogen-bond acceptors (Lipinski definition) is 5. The largest absolute Gasteiger partial charge is 0.355 e. The van der Waals surface area contributed by atoms with Crippen LogP contribution in [0.25, 0.3) is 0 Å². The molecule has 0 atom stereocenters. The lowest BCUT2D eigenvalue weighted by atomic mass is 10.1. The van der Waals surface area contributed by atoms with E-state index in [1.54, 1.807) is 5.38 Å². The lowest BCUT2D eigenvalue weighted by molar-refractivity contribution is -0.119. The highest BCUT2D eigenvalue weighted by atomic mass is 32.1. The van der Waals surface area contributed by atoms with Gasteiger partial charge in [-0.05, 0) is 5.56 Å². The van der Waals surface area contributed by atoms with Crippen LogP contribution in [-0.4, -0.2) is 35.8 Å². The second kappa shape index (κ2) is 8.78. The number of thiazole rings is 1. The molecule has 0 aliphatic rings. The summed E-state index contributed by atoms with van der Waals surface area (Å²) in [6.45, 7) is 2.07. The Hall–Kier alpha value is -2.74. The van der Waals surface area contributed by atoms with Crippen LogP contribution in [0.15, 0.2) is 35.7 Å². The van der Waals surface area contributed by atoms with E-state index >= 15 is 0 Å². The Morgan fingerprint density at radius 3 is 2.50 bits per heavy atom. The topological polar surface area (TPSA) is 100 Å². The summed E-state index contributed by atoms with van der Waals surface area (Å²) in [6.07, 6.45) is 0.249. The molecule has 3 amide bonds. The predicted octanol–water partition coefficient (Wildman–Crippen LogP) is 1.19. The monoisotopic (exact) mass is 346 g/mol. The number of nitrogens with one attached hydrogen (secondary N) is 3. The summed E-state index contributed by atoms with van der Waals surface area (Å²) in [5.74, 6) is -0.686. The average molecular weight is 346 g/mol. The second-order valence-corrected chi connectivity index (χ2v) is 5.85. The van der Waals surface area contributed by atoms with E-state index < -0.39 is 0 Å². The average Bonchev–Trinajstić information content (AvgIpc) is 3.00. The molecule has 2 aromatic rings. The fourth-order valence-corrected chi connectivity index (χ4v) is 2.59. The number of hydrogen-bond donors (Lipinski definition) is 3. The van der Waals surface area contributed by atoms with Crippen LogP contribution in [0.1, 0.15) is 23.0 Å². The van der Waals surface area contributed by atoms with Gasteiger partial charge in [-0.25, -0.2) is 4.98 Å². The number of aromatic nitrogens is 1.